The number of nitrogens with zero attached hydrogens (tertiary/aromatic N) is 2. The number of carbonyl (C=O) groups excluding carboxylic acids is 1. The third-order valence-electron chi connectivity index (χ3n) is 2.50. The van der Waals surface area contributed by atoms with Crippen LogP contribution in [0.1, 0.15) is 12.6 Å². The molecular formula is C13H15N3O3. The Morgan fingerprint density at radius 1 is 1.47 bits per heavy atom. The van der Waals surface area contributed by atoms with E-state index in [0.717, 1.165) is 0 Å². The predicted octanol–water partition coefficient (Wildman–Crippen LogP) is 0.347. The summed E-state index contributed by atoms with van der Waals surface area (Å²) in [5.41, 5.74) is 1.04. The Morgan fingerprint density at radius 2 is 2.32 bits per heavy atom. The van der Waals surface area contributed by atoms with Crippen molar-refractivity contribution in [3.05, 3.63) is 46.5 Å². The third kappa shape index (κ3) is 3.38. The first-order valence-corrected chi connectivity index (χ1v) is 6.04. The Labute approximate surface area is 110 Å². The molecule has 2 aromatic rings. The number of ether oxygens (including phenoxy) is 1. The molecule has 2 heterocycles. The molecule has 19 heavy (non-hydrogen) atoms. The fraction of sp³-hybridized carbons (Fsp3) is 0.308. The molecule has 6 heteroatoms. The van der Waals surface area contributed by atoms with Gasteiger partial charge in [0.15, 0.2) is 0 Å². The van der Waals surface area contributed by atoms with Crippen molar-refractivity contribution in [2.75, 3.05) is 13.2 Å². The topological polar surface area (TPSA) is 72.7 Å². The van der Waals surface area contributed by atoms with E-state index in [-0.39, 0.29) is 18.1 Å². The smallest absolute Gasteiger partial charge is 0.319 e. The molecule has 1 N–H and O–H groups in total. The normalized spacial score (nSPS) is 10.6. The first-order chi connectivity index (χ1) is 9.20. The van der Waals surface area contributed by atoms with Crippen LogP contribution in [0, 0.1) is 0 Å². The molecule has 0 aliphatic carbocycles. The van der Waals surface area contributed by atoms with E-state index in [9.17, 15) is 9.59 Å². The predicted molar refractivity (Wildman–Crippen MR) is 69.8 cm³/mol. The number of aromatic nitrogens is 2. The molecule has 0 aliphatic heterocycles. The lowest BCUT2D eigenvalue weighted by molar-refractivity contribution is -0.142. The number of esters is 1. The van der Waals surface area contributed by atoms with E-state index in [2.05, 4.69) is 10.3 Å². The molecule has 0 radical (unpaired) electrons. The number of nitrogens with one attached hydrogen (secondary N) is 1. The van der Waals surface area contributed by atoms with Crippen LogP contribution in [0.5, 0.6) is 0 Å². The molecule has 0 aliphatic rings. The molecule has 0 atom stereocenters. The second kappa shape index (κ2) is 6.10. The van der Waals surface area contributed by atoms with Gasteiger partial charge in [-0.3, -0.25) is 14.0 Å². The standard InChI is InChI=1S/C13H15N3O3/c1-2-19-13(18)9-14-8-10-7-12(17)16-6-4-3-5-11(16)15-10/h3-7,14H,2,8-9H2,1H3. The molecular weight excluding hydrogens is 246 g/mol. The van der Waals surface area contributed by atoms with E-state index < -0.39 is 0 Å². The van der Waals surface area contributed by atoms with Crippen LogP contribution in [0.15, 0.2) is 35.3 Å². The second-order valence-electron chi connectivity index (χ2n) is 3.92. The SMILES string of the molecule is CCOC(=O)CNCc1cc(=O)n2ccccc2n1. The lowest BCUT2D eigenvalue weighted by Gasteiger charge is -2.05. The highest BCUT2D eigenvalue weighted by Crippen LogP contribution is 1.98. The molecule has 0 aromatic carbocycles. The number of hydrogen-bond donors (Lipinski definition) is 1. The lowest BCUT2D eigenvalue weighted by atomic mass is 10.3. The minimum atomic E-state index is -0.319. The average molecular weight is 261 g/mol. The maximum absolute atomic E-state index is 11.8. The first-order valence-electron chi connectivity index (χ1n) is 6.04. The zero-order chi connectivity index (χ0) is 13.7. The number of fused-ring (bicyclic) bond motifs is 1. The van der Waals surface area contributed by atoms with Gasteiger partial charge in [-0.1, -0.05) is 6.07 Å². The molecule has 2 rings (SSSR count). The van der Waals surface area contributed by atoms with E-state index in [1.807, 2.05) is 6.07 Å². The van der Waals surface area contributed by atoms with Crippen LogP contribution in [-0.2, 0) is 16.1 Å². The van der Waals surface area contributed by atoms with Crippen molar-refractivity contribution >= 4 is 11.6 Å². The largest absolute Gasteiger partial charge is 0.465 e. The zero-order valence-corrected chi connectivity index (χ0v) is 10.6. The minimum absolute atomic E-state index is 0.101. The molecule has 2 aromatic heterocycles. The quantitative estimate of drug-likeness (QED) is 0.786. The Morgan fingerprint density at radius 3 is 3.11 bits per heavy atom. The van der Waals surface area contributed by atoms with E-state index in [4.69, 9.17) is 4.74 Å². The van der Waals surface area contributed by atoms with Crippen molar-refractivity contribution in [2.45, 2.75) is 13.5 Å². The van der Waals surface area contributed by atoms with Gasteiger partial charge in [-0.15, -0.1) is 0 Å². The highest BCUT2D eigenvalue weighted by molar-refractivity contribution is 5.71. The van der Waals surface area contributed by atoms with E-state index in [1.54, 1.807) is 25.3 Å². The van der Waals surface area contributed by atoms with Crippen LogP contribution in [0.2, 0.25) is 0 Å². The van der Waals surface area contributed by atoms with E-state index >= 15 is 0 Å². The van der Waals surface area contributed by atoms with Gasteiger partial charge in [0.25, 0.3) is 5.56 Å². The van der Waals surface area contributed by atoms with Crippen LogP contribution < -0.4 is 10.9 Å². The summed E-state index contributed by atoms with van der Waals surface area (Å²) in [7, 11) is 0. The number of carbonyl (C=O) groups is 1. The van der Waals surface area contributed by atoms with E-state index in [1.165, 1.54) is 10.5 Å². The summed E-state index contributed by atoms with van der Waals surface area (Å²) in [6, 6.07) is 6.80. The van der Waals surface area contributed by atoms with Crippen LogP contribution in [0.3, 0.4) is 0 Å². The summed E-state index contributed by atoms with van der Waals surface area (Å²) >= 11 is 0. The van der Waals surface area contributed by atoms with Crippen LogP contribution in [0.4, 0.5) is 0 Å². The van der Waals surface area contributed by atoms with Crippen molar-refractivity contribution in [1.29, 1.82) is 0 Å². The van der Waals surface area contributed by atoms with Gasteiger partial charge in [0.05, 0.1) is 18.8 Å². The highest BCUT2D eigenvalue weighted by atomic mass is 16.5. The van der Waals surface area contributed by atoms with Gasteiger partial charge >= 0.3 is 5.97 Å². The number of hydrogen-bond acceptors (Lipinski definition) is 5. The zero-order valence-electron chi connectivity index (χ0n) is 10.6. The second-order valence-corrected chi connectivity index (χ2v) is 3.92. The highest BCUT2D eigenvalue weighted by Gasteiger charge is 2.04. The molecule has 0 spiro atoms. The summed E-state index contributed by atoms with van der Waals surface area (Å²) in [6.07, 6.45) is 1.67. The van der Waals surface area contributed by atoms with Gasteiger partial charge in [0.1, 0.15) is 5.65 Å². The van der Waals surface area contributed by atoms with Crippen molar-refractivity contribution in [1.82, 2.24) is 14.7 Å². The Bertz CT molecular complexity index is 636. The van der Waals surface area contributed by atoms with Gasteiger partial charge in [-0.25, -0.2) is 4.98 Å². The fourth-order valence-electron chi connectivity index (χ4n) is 1.70. The monoisotopic (exact) mass is 261 g/mol. The molecule has 6 nitrogen and oxygen atoms in total. The summed E-state index contributed by atoms with van der Waals surface area (Å²) < 4.78 is 6.25. The van der Waals surface area contributed by atoms with Gasteiger partial charge in [0, 0.05) is 18.8 Å². The van der Waals surface area contributed by atoms with Crippen LogP contribution >= 0.6 is 0 Å². The van der Waals surface area contributed by atoms with Crippen molar-refractivity contribution < 1.29 is 9.53 Å². The van der Waals surface area contributed by atoms with Crippen LogP contribution in [0.25, 0.3) is 5.65 Å². The van der Waals surface area contributed by atoms with Gasteiger partial charge in [-0.05, 0) is 19.1 Å². The minimum Gasteiger partial charge on any atom is -0.465 e. The lowest BCUT2D eigenvalue weighted by Crippen LogP contribution is -2.26. The Balaban J connectivity index is 2.05. The van der Waals surface area contributed by atoms with Crippen molar-refractivity contribution in [2.24, 2.45) is 0 Å². The van der Waals surface area contributed by atoms with Gasteiger partial charge < -0.3 is 10.1 Å². The summed E-state index contributed by atoms with van der Waals surface area (Å²) in [5.74, 6) is -0.319. The average Bonchev–Trinajstić information content (AvgIpc) is 2.39. The number of pyridine rings is 1. The molecule has 0 bridgehead atoms. The summed E-state index contributed by atoms with van der Waals surface area (Å²) in [6.45, 7) is 2.56. The summed E-state index contributed by atoms with van der Waals surface area (Å²) in [5, 5.41) is 2.89. The maximum atomic E-state index is 11.8. The summed E-state index contributed by atoms with van der Waals surface area (Å²) in [4.78, 5) is 27.3. The van der Waals surface area contributed by atoms with Gasteiger partial charge in [0.2, 0.25) is 0 Å². The first kappa shape index (κ1) is 13.2. The van der Waals surface area contributed by atoms with Gasteiger partial charge in [-0.2, -0.15) is 0 Å². The van der Waals surface area contributed by atoms with E-state index in [0.29, 0.717) is 24.5 Å². The Hall–Kier alpha value is -2.21. The van der Waals surface area contributed by atoms with Crippen molar-refractivity contribution in [3.63, 3.8) is 0 Å². The molecule has 0 saturated carbocycles. The Kier molecular flexibility index (Phi) is 4.25. The molecule has 100 valence electrons. The van der Waals surface area contributed by atoms with Crippen LogP contribution in [-0.4, -0.2) is 28.5 Å². The molecule has 0 amide bonds. The molecule has 0 saturated heterocycles. The fourth-order valence-corrected chi connectivity index (χ4v) is 1.70. The third-order valence-corrected chi connectivity index (χ3v) is 2.50. The molecule has 0 unspecified atom stereocenters. The maximum Gasteiger partial charge on any atom is 0.319 e. The molecule has 0 fully saturated rings. The van der Waals surface area contributed by atoms with Crippen molar-refractivity contribution in [3.8, 4) is 0 Å². The number of rotatable bonds is 5.